The van der Waals surface area contributed by atoms with Crippen LogP contribution in [0.3, 0.4) is 0 Å². The summed E-state index contributed by atoms with van der Waals surface area (Å²) in [6.45, 7) is 5.46. The van der Waals surface area contributed by atoms with Crippen molar-refractivity contribution in [2.24, 2.45) is 0 Å². The van der Waals surface area contributed by atoms with Crippen LogP contribution in [-0.2, 0) is 6.54 Å². The van der Waals surface area contributed by atoms with Crippen molar-refractivity contribution in [1.29, 1.82) is 5.26 Å². The molecule has 0 aliphatic rings. The Morgan fingerprint density at radius 2 is 1.76 bits per heavy atom. The maximum atomic E-state index is 14.9. The first-order chi connectivity index (χ1) is 16.2. The summed E-state index contributed by atoms with van der Waals surface area (Å²) in [5.74, 6) is -2.83. The second kappa shape index (κ2) is 9.49. The molecule has 0 aliphatic heterocycles. The first-order valence-corrected chi connectivity index (χ1v) is 12.6. The fourth-order valence-electron chi connectivity index (χ4n) is 3.32. The quantitative estimate of drug-likeness (QED) is 0.373. The van der Waals surface area contributed by atoms with E-state index >= 15 is 0 Å². The maximum Gasteiger partial charge on any atom is 0.163 e. The van der Waals surface area contributed by atoms with Gasteiger partial charge in [0.2, 0.25) is 0 Å². The van der Waals surface area contributed by atoms with Gasteiger partial charge in [-0.15, -0.1) is 0 Å². The third-order valence-electron chi connectivity index (χ3n) is 5.02. The molecule has 0 bridgehead atoms. The summed E-state index contributed by atoms with van der Waals surface area (Å²) in [6, 6.07) is 5.08. The average Bonchev–Trinajstić information content (AvgIpc) is 2.81. The molecule has 0 aliphatic carbocycles. The van der Waals surface area contributed by atoms with Crippen LogP contribution in [0, 0.1) is 35.7 Å². The molecule has 1 aromatic carbocycles. The summed E-state index contributed by atoms with van der Waals surface area (Å²) in [4.78, 5) is 17.3. The van der Waals surface area contributed by atoms with Crippen molar-refractivity contribution in [3.05, 3.63) is 69.9 Å². The molecule has 0 radical (unpaired) electrons. The van der Waals surface area contributed by atoms with E-state index in [-0.39, 0.29) is 45.1 Å². The number of hydrogen-bond donors (Lipinski definition) is 1. The van der Waals surface area contributed by atoms with E-state index in [0.29, 0.717) is 16.8 Å². The van der Waals surface area contributed by atoms with E-state index in [1.807, 2.05) is 13.3 Å². The van der Waals surface area contributed by atoms with Gasteiger partial charge in [0.05, 0.1) is 33.6 Å². The largest absolute Gasteiger partial charge is 0.378 e. The zero-order chi connectivity index (χ0) is 24.6. The second-order valence-electron chi connectivity index (χ2n) is 7.64. The summed E-state index contributed by atoms with van der Waals surface area (Å²) in [7, 11) is -0.513. The van der Waals surface area contributed by atoms with Gasteiger partial charge in [-0.2, -0.15) is 5.26 Å². The molecule has 4 rings (SSSR count). The van der Waals surface area contributed by atoms with Crippen LogP contribution in [0.4, 0.5) is 18.9 Å². The number of pyridine rings is 2. The minimum Gasteiger partial charge on any atom is -0.378 e. The highest BCUT2D eigenvalue weighted by Gasteiger charge is 2.19. The fourth-order valence-corrected chi connectivity index (χ4v) is 4.10. The van der Waals surface area contributed by atoms with Crippen LogP contribution < -0.4 is 10.9 Å². The van der Waals surface area contributed by atoms with E-state index in [0.717, 1.165) is 6.07 Å². The summed E-state index contributed by atoms with van der Waals surface area (Å²) in [5, 5.41) is 12.2. The number of hydrogen-bond acceptors (Lipinski definition) is 6. The average molecular weight is 501 g/mol. The molecule has 0 unspecified atom stereocenters. The van der Waals surface area contributed by atoms with Crippen LogP contribution in [0.1, 0.15) is 16.8 Å². The van der Waals surface area contributed by atoms with Crippen LogP contribution in [0.5, 0.6) is 0 Å². The molecule has 3 heterocycles. The van der Waals surface area contributed by atoms with Crippen molar-refractivity contribution in [2.45, 2.75) is 13.5 Å². The maximum absolute atomic E-state index is 14.9. The Kier molecular flexibility index (Phi) is 6.65. The zero-order valence-corrected chi connectivity index (χ0v) is 19.9. The number of nitrogens with zero attached hydrogens (tertiary/aromatic N) is 5. The number of anilines is 1. The van der Waals surface area contributed by atoms with Crippen LogP contribution >= 0.6 is 19.5 Å². The SMILES string of the molecule is Cc1nc2cc(F)c(-c3cnc(P(C)C)nc3)nc2c(NCc2cc(C#N)cc(F)c2F)c1Cl. The lowest BCUT2D eigenvalue weighted by Gasteiger charge is -2.15. The van der Waals surface area contributed by atoms with E-state index < -0.39 is 25.4 Å². The number of benzene rings is 1. The molecule has 0 spiro atoms. The molecular weight excluding hydrogens is 484 g/mol. The Morgan fingerprint density at radius 1 is 1.06 bits per heavy atom. The second-order valence-corrected chi connectivity index (χ2v) is 10.2. The van der Waals surface area contributed by atoms with E-state index in [2.05, 4.69) is 25.3 Å². The number of nitriles is 1. The monoisotopic (exact) mass is 500 g/mol. The van der Waals surface area contributed by atoms with Gasteiger partial charge in [0.15, 0.2) is 17.5 Å². The molecule has 0 fully saturated rings. The lowest BCUT2D eigenvalue weighted by atomic mass is 10.1. The van der Waals surface area contributed by atoms with Gasteiger partial charge in [-0.05, 0) is 40.3 Å². The van der Waals surface area contributed by atoms with Crippen molar-refractivity contribution < 1.29 is 13.2 Å². The van der Waals surface area contributed by atoms with Gasteiger partial charge in [0, 0.05) is 36.1 Å². The normalized spacial score (nSPS) is 11.1. The summed E-state index contributed by atoms with van der Waals surface area (Å²) in [5.41, 5.74) is 2.10. The molecule has 34 heavy (non-hydrogen) atoms. The Balaban J connectivity index is 1.80. The molecule has 0 amide bonds. The van der Waals surface area contributed by atoms with Gasteiger partial charge in [-0.3, -0.25) is 0 Å². The Morgan fingerprint density at radius 3 is 2.41 bits per heavy atom. The van der Waals surface area contributed by atoms with E-state index in [1.165, 1.54) is 24.5 Å². The summed E-state index contributed by atoms with van der Waals surface area (Å²) >= 11 is 6.46. The summed E-state index contributed by atoms with van der Waals surface area (Å²) in [6.07, 6.45) is 3.01. The Labute approximate surface area is 199 Å². The number of aromatic nitrogens is 4. The third kappa shape index (κ3) is 4.52. The molecule has 0 saturated carbocycles. The van der Waals surface area contributed by atoms with Crippen molar-refractivity contribution in [2.75, 3.05) is 18.6 Å². The lowest BCUT2D eigenvalue weighted by Crippen LogP contribution is -2.10. The molecule has 0 atom stereocenters. The highest BCUT2D eigenvalue weighted by atomic mass is 35.5. The molecule has 11 heteroatoms. The topological polar surface area (TPSA) is 87.4 Å². The fraction of sp³-hybridized carbons (Fsp3) is 0.174. The third-order valence-corrected chi connectivity index (χ3v) is 6.51. The lowest BCUT2D eigenvalue weighted by molar-refractivity contribution is 0.500. The molecular formula is C23H17ClF3N6P. The molecule has 172 valence electrons. The predicted molar refractivity (Wildman–Crippen MR) is 127 cm³/mol. The van der Waals surface area contributed by atoms with Gasteiger partial charge in [0.1, 0.15) is 16.8 Å². The van der Waals surface area contributed by atoms with Gasteiger partial charge in [-0.25, -0.2) is 33.1 Å². The van der Waals surface area contributed by atoms with Crippen LogP contribution in [0.15, 0.2) is 30.6 Å². The summed E-state index contributed by atoms with van der Waals surface area (Å²) < 4.78 is 43.1. The van der Waals surface area contributed by atoms with Gasteiger partial charge in [-0.1, -0.05) is 11.6 Å². The molecule has 1 N–H and O–H groups in total. The van der Waals surface area contributed by atoms with Crippen molar-refractivity contribution in [3.8, 4) is 17.3 Å². The van der Waals surface area contributed by atoms with Gasteiger partial charge >= 0.3 is 0 Å². The van der Waals surface area contributed by atoms with Gasteiger partial charge in [0.25, 0.3) is 0 Å². The standard InChI is InChI=1S/C23H17ClF3N6P/c1-11-18(24)22(29-8-13-4-12(7-28)5-15(25)19(13)27)21-17(32-11)6-16(26)20(33-21)14-9-30-23(31-10-14)34(2)3/h4-6,9-10H,8H2,1-3H3,(H,29,32). The van der Waals surface area contributed by atoms with E-state index in [9.17, 15) is 13.2 Å². The highest BCUT2D eigenvalue weighted by Crippen LogP contribution is 2.34. The van der Waals surface area contributed by atoms with Crippen LogP contribution in [0.25, 0.3) is 22.3 Å². The number of fused-ring (bicyclic) bond motifs is 1. The van der Waals surface area contributed by atoms with Crippen LogP contribution in [0.2, 0.25) is 5.02 Å². The highest BCUT2D eigenvalue weighted by molar-refractivity contribution is 7.63. The number of rotatable bonds is 5. The zero-order valence-electron chi connectivity index (χ0n) is 18.3. The van der Waals surface area contributed by atoms with Crippen molar-refractivity contribution in [3.63, 3.8) is 0 Å². The first-order valence-electron chi connectivity index (χ1n) is 9.97. The first kappa shape index (κ1) is 23.8. The Hall–Kier alpha value is -3.34. The molecule has 4 aromatic rings. The predicted octanol–water partition coefficient (Wildman–Crippen LogP) is 5.32. The number of nitrogens with one attached hydrogen (secondary N) is 1. The van der Waals surface area contributed by atoms with E-state index in [4.69, 9.17) is 16.9 Å². The Bertz CT molecular complexity index is 1450. The van der Waals surface area contributed by atoms with Crippen molar-refractivity contribution >= 4 is 41.8 Å². The van der Waals surface area contributed by atoms with Gasteiger partial charge < -0.3 is 5.32 Å². The van der Waals surface area contributed by atoms with E-state index in [1.54, 1.807) is 13.0 Å². The van der Waals surface area contributed by atoms with Crippen LogP contribution in [-0.4, -0.2) is 33.3 Å². The van der Waals surface area contributed by atoms with Crippen molar-refractivity contribution in [1.82, 2.24) is 19.9 Å². The molecule has 6 nitrogen and oxygen atoms in total. The minimum absolute atomic E-state index is 0.00376. The number of aryl methyl sites for hydroxylation is 1. The number of halogens is 4. The smallest absolute Gasteiger partial charge is 0.163 e. The minimum atomic E-state index is -1.13. The molecule has 3 aromatic heterocycles. The molecule has 0 saturated heterocycles.